The van der Waals surface area contributed by atoms with Gasteiger partial charge in [0.05, 0.1) is 12.6 Å². The molecule has 8 heteroatoms. The van der Waals surface area contributed by atoms with Gasteiger partial charge in [-0.25, -0.2) is 4.79 Å². The molecule has 0 saturated carbocycles. The highest BCUT2D eigenvalue weighted by atomic mass is 16.4. The zero-order chi connectivity index (χ0) is 17.3. The molecule has 2 rings (SSSR count). The van der Waals surface area contributed by atoms with Crippen molar-refractivity contribution < 1.29 is 24.3 Å². The molecule has 3 atom stereocenters. The minimum Gasteiger partial charge on any atom is -0.465 e. The molecule has 0 aliphatic carbocycles. The van der Waals surface area contributed by atoms with E-state index in [1.165, 1.54) is 11.8 Å². The Morgan fingerprint density at radius 2 is 1.96 bits per heavy atom. The lowest BCUT2D eigenvalue weighted by molar-refractivity contribution is -0.137. The van der Waals surface area contributed by atoms with Crippen molar-refractivity contribution in [3.05, 3.63) is 0 Å². The van der Waals surface area contributed by atoms with E-state index in [4.69, 9.17) is 5.11 Å². The topological polar surface area (TPSA) is 107 Å². The van der Waals surface area contributed by atoms with Crippen LogP contribution >= 0.6 is 0 Å². The second-order valence-corrected chi connectivity index (χ2v) is 6.59. The Labute approximate surface area is 134 Å². The van der Waals surface area contributed by atoms with Crippen molar-refractivity contribution in [1.82, 2.24) is 15.1 Å². The number of hydrogen-bond donors (Lipinski definition) is 2. The summed E-state index contributed by atoms with van der Waals surface area (Å²) in [6, 6.07) is -1.87. The predicted molar refractivity (Wildman–Crippen MR) is 80.7 cm³/mol. The van der Waals surface area contributed by atoms with Crippen molar-refractivity contribution in [3.8, 4) is 0 Å². The molecule has 2 aliphatic rings. The van der Waals surface area contributed by atoms with Crippen LogP contribution < -0.4 is 5.32 Å². The van der Waals surface area contributed by atoms with Gasteiger partial charge in [0.2, 0.25) is 11.8 Å². The first kappa shape index (κ1) is 17.2. The first-order valence-electron chi connectivity index (χ1n) is 7.82. The summed E-state index contributed by atoms with van der Waals surface area (Å²) in [5, 5.41) is 11.8. The van der Waals surface area contributed by atoms with Gasteiger partial charge in [0, 0.05) is 13.5 Å². The van der Waals surface area contributed by atoms with Crippen LogP contribution in [0.3, 0.4) is 0 Å². The van der Waals surface area contributed by atoms with Gasteiger partial charge in [-0.05, 0) is 18.8 Å². The normalized spacial score (nSPS) is 24.8. The van der Waals surface area contributed by atoms with Crippen molar-refractivity contribution in [2.75, 3.05) is 13.1 Å². The molecule has 0 unspecified atom stereocenters. The molecule has 0 spiro atoms. The maximum absolute atomic E-state index is 12.8. The molecule has 2 aliphatic heterocycles. The summed E-state index contributed by atoms with van der Waals surface area (Å²) in [7, 11) is 0. The summed E-state index contributed by atoms with van der Waals surface area (Å²) in [6.45, 7) is 5.39. The molecule has 8 nitrogen and oxygen atoms in total. The second kappa shape index (κ2) is 6.55. The lowest BCUT2D eigenvalue weighted by Gasteiger charge is -2.28. The Morgan fingerprint density at radius 1 is 1.30 bits per heavy atom. The number of fused-ring (bicyclic) bond motifs is 1. The summed E-state index contributed by atoms with van der Waals surface area (Å²) in [5.41, 5.74) is 0. The molecule has 128 valence electrons. The van der Waals surface area contributed by atoms with Crippen LogP contribution in [0.25, 0.3) is 0 Å². The Balaban J connectivity index is 2.17. The number of carbonyl (C=O) groups is 4. The van der Waals surface area contributed by atoms with E-state index in [1.54, 1.807) is 0 Å². The third-order valence-corrected chi connectivity index (χ3v) is 4.33. The third-order valence-electron chi connectivity index (χ3n) is 4.33. The van der Waals surface area contributed by atoms with Gasteiger partial charge in [-0.15, -0.1) is 0 Å². The first-order chi connectivity index (χ1) is 10.7. The molecule has 0 aromatic carbocycles. The van der Waals surface area contributed by atoms with Crippen LogP contribution in [0.4, 0.5) is 4.79 Å². The van der Waals surface area contributed by atoms with Crippen LogP contribution in [0, 0.1) is 5.92 Å². The van der Waals surface area contributed by atoms with Crippen molar-refractivity contribution in [2.45, 2.75) is 51.7 Å². The molecule has 0 bridgehead atoms. The lowest BCUT2D eigenvalue weighted by Crippen LogP contribution is -2.51. The zero-order valence-corrected chi connectivity index (χ0v) is 13.6. The SMILES string of the molecule is CC(=O)N[C@@H](CC(C)C)C(=O)N1CC(=O)[C@@H]2[C@H]1CCN2C(=O)O. The second-order valence-electron chi connectivity index (χ2n) is 6.59. The van der Waals surface area contributed by atoms with Crippen LogP contribution in [-0.2, 0) is 14.4 Å². The Bertz CT molecular complexity index is 533. The average molecular weight is 325 g/mol. The maximum atomic E-state index is 12.8. The van der Waals surface area contributed by atoms with Gasteiger partial charge in [0.25, 0.3) is 0 Å². The van der Waals surface area contributed by atoms with Crippen LogP contribution in [0.15, 0.2) is 0 Å². The Kier molecular flexibility index (Phi) is 4.91. The number of hydrogen-bond acceptors (Lipinski definition) is 4. The first-order valence-corrected chi connectivity index (χ1v) is 7.82. The molecule has 3 amide bonds. The van der Waals surface area contributed by atoms with E-state index in [2.05, 4.69) is 5.32 Å². The van der Waals surface area contributed by atoms with Crippen molar-refractivity contribution >= 4 is 23.7 Å². The average Bonchev–Trinajstić information content (AvgIpc) is 2.98. The molecule has 2 fully saturated rings. The molecule has 0 radical (unpaired) electrons. The molecular weight excluding hydrogens is 302 g/mol. The van der Waals surface area contributed by atoms with Crippen molar-refractivity contribution in [2.24, 2.45) is 5.92 Å². The highest BCUT2D eigenvalue weighted by Crippen LogP contribution is 2.30. The van der Waals surface area contributed by atoms with Crippen molar-refractivity contribution in [3.63, 3.8) is 0 Å². The van der Waals surface area contributed by atoms with E-state index >= 15 is 0 Å². The van der Waals surface area contributed by atoms with Crippen LogP contribution in [-0.4, -0.2) is 69.8 Å². The number of amides is 3. The quantitative estimate of drug-likeness (QED) is 0.760. The number of carboxylic acid groups (broad SMARTS) is 1. The molecule has 23 heavy (non-hydrogen) atoms. The molecule has 0 aromatic rings. The van der Waals surface area contributed by atoms with E-state index in [9.17, 15) is 19.2 Å². The van der Waals surface area contributed by atoms with Gasteiger partial charge in [-0.3, -0.25) is 19.3 Å². The Hall–Kier alpha value is -2.12. The van der Waals surface area contributed by atoms with Crippen LogP contribution in [0.1, 0.15) is 33.6 Å². The molecule has 2 heterocycles. The summed E-state index contributed by atoms with van der Waals surface area (Å²) < 4.78 is 0. The zero-order valence-electron chi connectivity index (χ0n) is 13.6. The summed E-state index contributed by atoms with van der Waals surface area (Å²) in [6.07, 6.45) is -0.216. The van der Waals surface area contributed by atoms with Gasteiger partial charge in [-0.2, -0.15) is 0 Å². The fraction of sp³-hybridized carbons (Fsp3) is 0.733. The van der Waals surface area contributed by atoms with Gasteiger partial charge < -0.3 is 15.3 Å². The van der Waals surface area contributed by atoms with Gasteiger partial charge in [-0.1, -0.05) is 13.8 Å². The molecule has 0 aromatic heterocycles. The minimum atomic E-state index is -1.14. The maximum Gasteiger partial charge on any atom is 0.407 e. The van der Waals surface area contributed by atoms with E-state index in [0.29, 0.717) is 12.8 Å². The minimum absolute atomic E-state index is 0.0911. The number of ketones is 1. The summed E-state index contributed by atoms with van der Waals surface area (Å²) in [5.74, 6) is -0.662. The highest BCUT2D eigenvalue weighted by molar-refractivity contribution is 5.98. The number of likely N-dealkylation sites (tertiary alicyclic amines) is 2. The largest absolute Gasteiger partial charge is 0.465 e. The number of Topliss-reactive ketones (excluding diaryl/α,β-unsaturated/α-hetero) is 1. The monoisotopic (exact) mass is 325 g/mol. The van der Waals surface area contributed by atoms with Gasteiger partial charge >= 0.3 is 6.09 Å². The molecule has 2 N–H and O–H groups in total. The third kappa shape index (κ3) is 3.46. The fourth-order valence-electron chi connectivity index (χ4n) is 3.46. The van der Waals surface area contributed by atoms with Gasteiger partial charge in [0.1, 0.15) is 12.1 Å². The van der Waals surface area contributed by atoms with E-state index in [-0.39, 0.29) is 36.6 Å². The highest BCUT2D eigenvalue weighted by Gasteiger charge is 2.52. The summed E-state index contributed by atoms with van der Waals surface area (Å²) in [4.78, 5) is 50.0. The predicted octanol–water partition coefficient (Wildman–Crippen LogP) is 0.0694. The van der Waals surface area contributed by atoms with E-state index in [0.717, 1.165) is 4.90 Å². The fourth-order valence-corrected chi connectivity index (χ4v) is 3.46. The lowest BCUT2D eigenvalue weighted by atomic mass is 10.0. The Morgan fingerprint density at radius 3 is 2.48 bits per heavy atom. The van der Waals surface area contributed by atoms with E-state index < -0.39 is 24.2 Å². The van der Waals surface area contributed by atoms with Crippen molar-refractivity contribution in [1.29, 1.82) is 0 Å². The van der Waals surface area contributed by atoms with Gasteiger partial charge in [0.15, 0.2) is 5.78 Å². The number of rotatable bonds is 4. The smallest absolute Gasteiger partial charge is 0.407 e. The standard InChI is InChI=1S/C15H23N3O5/c1-8(2)6-10(16-9(3)19)14(21)18-7-12(20)13-11(18)4-5-17(13)15(22)23/h8,10-11,13H,4-7H2,1-3H3,(H,16,19)(H,22,23)/t10-,11+,13-/m0/s1. The number of nitrogens with zero attached hydrogens (tertiary/aromatic N) is 2. The van der Waals surface area contributed by atoms with Crippen LogP contribution in [0.2, 0.25) is 0 Å². The summed E-state index contributed by atoms with van der Waals surface area (Å²) >= 11 is 0. The number of nitrogens with one attached hydrogen (secondary N) is 1. The number of carbonyl (C=O) groups excluding carboxylic acids is 3. The molecular formula is C15H23N3O5. The molecule has 2 saturated heterocycles. The van der Waals surface area contributed by atoms with Crippen LogP contribution in [0.5, 0.6) is 0 Å². The van der Waals surface area contributed by atoms with E-state index in [1.807, 2.05) is 13.8 Å².